The van der Waals surface area contributed by atoms with Crippen molar-refractivity contribution in [3.63, 3.8) is 0 Å². The van der Waals surface area contributed by atoms with Crippen molar-refractivity contribution in [1.82, 2.24) is 0 Å². The van der Waals surface area contributed by atoms with Crippen LogP contribution in [0.15, 0.2) is 34.9 Å². The topological polar surface area (TPSA) is 42.2 Å². The number of alkyl halides is 3. The summed E-state index contributed by atoms with van der Waals surface area (Å²) in [6.45, 7) is 0. The fourth-order valence-corrected chi connectivity index (χ4v) is 1.90. The lowest BCUT2D eigenvalue weighted by Crippen LogP contribution is -2.13. The van der Waals surface area contributed by atoms with E-state index in [1.165, 1.54) is 18.4 Å². The zero-order valence-electron chi connectivity index (χ0n) is 9.59. The van der Waals surface area contributed by atoms with Gasteiger partial charge in [-0.2, -0.15) is 13.2 Å². The number of benzene rings is 1. The van der Waals surface area contributed by atoms with Crippen LogP contribution in [0.2, 0.25) is 10.2 Å². The molecule has 0 aliphatic rings. The Labute approximate surface area is 121 Å². The van der Waals surface area contributed by atoms with Crippen LogP contribution < -0.4 is 5.32 Å². The molecule has 0 spiro atoms. The van der Waals surface area contributed by atoms with E-state index in [9.17, 15) is 18.0 Å². The van der Waals surface area contributed by atoms with Crippen molar-refractivity contribution in [1.29, 1.82) is 0 Å². The van der Waals surface area contributed by atoms with Gasteiger partial charge in [0.2, 0.25) is 5.22 Å². The molecule has 2 rings (SSSR count). The van der Waals surface area contributed by atoms with Gasteiger partial charge in [0, 0.05) is 5.69 Å². The van der Waals surface area contributed by atoms with Crippen molar-refractivity contribution in [2.75, 3.05) is 5.32 Å². The number of hydrogen-bond acceptors (Lipinski definition) is 2. The molecule has 1 heterocycles. The summed E-state index contributed by atoms with van der Waals surface area (Å²) in [6, 6.07) is 4.35. The van der Waals surface area contributed by atoms with Crippen molar-refractivity contribution in [3.05, 3.63) is 51.9 Å². The second-order valence-electron chi connectivity index (χ2n) is 3.75. The minimum Gasteiger partial charge on any atom is -0.452 e. The fraction of sp³-hybridized carbons (Fsp3) is 0.0833. The minimum atomic E-state index is -4.61. The van der Waals surface area contributed by atoms with Crippen LogP contribution in [0.25, 0.3) is 0 Å². The molecule has 1 amide bonds. The Morgan fingerprint density at radius 2 is 1.90 bits per heavy atom. The summed E-state index contributed by atoms with van der Waals surface area (Å²) in [4.78, 5) is 11.8. The lowest BCUT2D eigenvalue weighted by Gasteiger charge is -2.11. The summed E-state index contributed by atoms with van der Waals surface area (Å²) in [5, 5.41) is 1.69. The zero-order valence-corrected chi connectivity index (χ0v) is 11.1. The molecule has 2 aromatic rings. The average molecular weight is 324 g/mol. The third-order valence-corrected chi connectivity index (χ3v) is 3.01. The second-order valence-corrected chi connectivity index (χ2v) is 4.50. The molecule has 1 aromatic heterocycles. The van der Waals surface area contributed by atoms with Crippen LogP contribution in [0.5, 0.6) is 0 Å². The monoisotopic (exact) mass is 323 g/mol. The molecule has 0 radical (unpaired) electrons. The number of anilines is 1. The van der Waals surface area contributed by atoms with Crippen LogP contribution in [0.4, 0.5) is 18.9 Å². The first-order chi connectivity index (χ1) is 9.29. The third kappa shape index (κ3) is 3.08. The van der Waals surface area contributed by atoms with Gasteiger partial charge in [0.05, 0.1) is 22.4 Å². The number of carbonyl (C=O) groups is 1. The number of nitrogens with one attached hydrogen (secondary N) is 1. The molecule has 3 nitrogen and oxygen atoms in total. The van der Waals surface area contributed by atoms with Crippen LogP contribution in [-0.4, -0.2) is 5.91 Å². The second kappa shape index (κ2) is 5.38. The number of furan rings is 1. The van der Waals surface area contributed by atoms with E-state index in [-0.39, 0.29) is 16.5 Å². The van der Waals surface area contributed by atoms with E-state index >= 15 is 0 Å². The number of carbonyl (C=O) groups excluding carboxylic acids is 1. The Morgan fingerprint density at radius 3 is 2.45 bits per heavy atom. The van der Waals surface area contributed by atoms with Crippen molar-refractivity contribution >= 4 is 34.8 Å². The fourth-order valence-electron chi connectivity index (χ4n) is 1.47. The highest BCUT2D eigenvalue weighted by Gasteiger charge is 2.33. The van der Waals surface area contributed by atoms with Crippen molar-refractivity contribution < 1.29 is 22.4 Å². The maximum atomic E-state index is 12.7. The highest BCUT2D eigenvalue weighted by atomic mass is 35.5. The maximum absolute atomic E-state index is 12.7. The first kappa shape index (κ1) is 14.7. The molecule has 0 aliphatic carbocycles. The van der Waals surface area contributed by atoms with E-state index in [1.54, 1.807) is 0 Å². The van der Waals surface area contributed by atoms with E-state index in [4.69, 9.17) is 27.6 Å². The molecule has 0 saturated heterocycles. The number of rotatable bonds is 2. The Bertz CT molecular complexity index is 652. The van der Waals surface area contributed by atoms with Gasteiger partial charge in [0.1, 0.15) is 0 Å². The molecular formula is C12H6Cl2F3NO2. The molecule has 0 aliphatic heterocycles. The van der Waals surface area contributed by atoms with E-state index in [1.807, 2.05) is 0 Å². The summed E-state index contributed by atoms with van der Waals surface area (Å²) in [7, 11) is 0. The van der Waals surface area contributed by atoms with E-state index in [2.05, 4.69) is 5.32 Å². The molecule has 8 heteroatoms. The third-order valence-electron chi connectivity index (χ3n) is 2.39. The molecule has 0 unspecified atom stereocenters. The smallest absolute Gasteiger partial charge is 0.417 e. The lowest BCUT2D eigenvalue weighted by molar-refractivity contribution is -0.137. The van der Waals surface area contributed by atoms with Gasteiger partial charge in [0.15, 0.2) is 0 Å². The predicted octanol–water partition coefficient (Wildman–Crippen LogP) is 4.86. The maximum Gasteiger partial charge on any atom is 0.417 e. The van der Waals surface area contributed by atoms with E-state index < -0.39 is 22.7 Å². The first-order valence-corrected chi connectivity index (χ1v) is 5.95. The molecule has 106 valence electrons. The predicted molar refractivity (Wildman–Crippen MR) is 68.1 cm³/mol. The van der Waals surface area contributed by atoms with Crippen LogP contribution >= 0.6 is 23.2 Å². The molecule has 0 fully saturated rings. The van der Waals surface area contributed by atoms with Crippen LogP contribution in [-0.2, 0) is 6.18 Å². The number of hydrogen-bond donors (Lipinski definition) is 1. The minimum absolute atomic E-state index is 0.0233. The van der Waals surface area contributed by atoms with Gasteiger partial charge in [0.25, 0.3) is 5.91 Å². The summed E-state index contributed by atoms with van der Waals surface area (Å²) < 4.78 is 42.7. The van der Waals surface area contributed by atoms with Gasteiger partial charge in [-0.15, -0.1) is 0 Å². The summed E-state index contributed by atoms with van der Waals surface area (Å²) in [5.41, 5.74) is -1.06. The average Bonchev–Trinajstić information content (AvgIpc) is 2.76. The Morgan fingerprint density at radius 1 is 1.20 bits per heavy atom. The van der Waals surface area contributed by atoms with Gasteiger partial charge < -0.3 is 9.73 Å². The highest BCUT2D eigenvalue weighted by Crippen LogP contribution is 2.36. The Kier molecular flexibility index (Phi) is 3.96. The van der Waals surface area contributed by atoms with Gasteiger partial charge in [-0.05, 0) is 35.9 Å². The molecule has 20 heavy (non-hydrogen) atoms. The highest BCUT2D eigenvalue weighted by molar-refractivity contribution is 6.33. The van der Waals surface area contributed by atoms with Crippen molar-refractivity contribution in [3.8, 4) is 0 Å². The quantitative estimate of drug-likeness (QED) is 0.857. The van der Waals surface area contributed by atoms with Crippen molar-refractivity contribution in [2.24, 2.45) is 0 Å². The van der Waals surface area contributed by atoms with E-state index in [0.717, 1.165) is 12.1 Å². The molecule has 0 bridgehead atoms. The van der Waals surface area contributed by atoms with Gasteiger partial charge in [-0.1, -0.05) is 11.6 Å². The van der Waals surface area contributed by atoms with Crippen LogP contribution in [0.3, 0.4) is 0 Å². The number of halogens is 5. The Balaban J connectivity index is 2.27. The van der Waals surface area contributed by atoms with E-state index in [0.29, 0.717) is 0 Å². The largest absolute Gasteiger partial charge is 0.452 e. The standard InChI is InChI=1S/C12H6Cl2F3NO2/c13-9-2-1-6(5-8(9)12(15,16)17)18-11(19)7-3-4-20-10(7)14/h1-5H,(H,18,19). The summed E-state index contributed by atoms with van der Waals surface area (Å²) in [5.74, 6) is -0.681. The van der Waals surface area contributed by atoms with Crippen LogP contribution in [0, 0.1) is 0 Å². The molecule has 0 atom stereocenters. The summed E-state index contributed by atoms with van der Waals surface area (Å²) in [6.07, 6.45) is -3.41. The van der Waals surface area contributed by atoms with Gasteiger partial charge in [-0.3, -0.25) is 4.79 Å². The number of amides is 1. The van der Waals surface area contributed by atoms with Gasteiger partial charge >= 0.3 is 6.18 Å². The molecule has 1 aromatic carbocycles. The Hall–Kier alpha value is -1.66. The summed E-state index contributed by atoms with van der Waals surface area (Å²) >= 11 is 11.1. The lowest BCUT2D eigenvalue weighted by atomic mass is 10.2. The van der Waals surface area contributed by atoms with Crippen LogP contribution in [0.1, 0.15) is 15.9 Å². The van der Waals surface area contributed by atoms with Crippen molar-refractivity contribution in [2.45, 2.75) is 6.18 Å². The molecule has 0 saturated carbocycles. The normalized spacial score (nSPS) is 11.4. The first-order valence-electron chi connectivity index (χ1n) is 5.20. The zero-order chi connectivity index (χ0) is 14.9. The SMILES string of the molecule is O=C(Nc1ccc(Cl)c(C(F)(F)F)c1)c1ccoc1Cl. The molecule has 1 N–H and O–H groups in total. The molecular weight excluding hydrogens is 318 g/mol. The van der Waals surface area contributed by atoms with Gasteiger partial charge in [-0.25, -0.2) is 0 Å².